The molecule has 1 heterocycles. The number of aliphatic hydroxyl groups is 1. The summed E-state index contributed by atoms with van der Waals surface area (Å²) in [6, 6.07) is 0. The highest BCUT2D eigenvalue weighted by Crippen LogP contribution is 2.25. The Labute approximate surface area is 113 Å². The van der Waals surface area contributed by atoms with Crippen LogP contribution >= 0.6 is 11.6 Å². The third-order valence-electron chi connectivity index (χ3n) is 3.51. The summed E-state index contributed by atoms with van der Waals surface area (Å²) in [5, 5.41) is 13.5. The van der Waals surface area contributed by atoms with E-state index in [1.807, 2.05) is 13.8 Å². The Kier molecular flexibility index (Phi) is 4.40. The quantitative estimate of drug-likeness (QED) is 0.829. The number of aliphatic hydroxyl groups excluding tert-OH is 1. The lowest BCUT2D eigenvalue weighted by Crippen LogP contribution is -2.25. The first-order valence-corrected chi connectivity index (χ1v) is 6.86. The van der Waals surface area contributed by atoms with Gasteiger partial charge < -0.3 is 10.4 Å². The normalized spacial score (nSPS) is 24.0. The average Bonchev–Trinajstić information content (AvgIpc) is 2.32. The van der Waals surface area contributed by atoms with Crippen molar-refractivity contribution in [1.29, 1.82) is 0 Å². The SMILES string of the molecule is Cc1nc(Cl)c(C)c(NCC2CCCC(O)C2)n1. The molecule has 1 fully saturated rings. The zero-order chi connectivity index (χ0) is 13.1. The second kappa shape index (κ2) is 5.85. The molecule has 0 bridgehead atoms. The molecule has 2 rings (SSSR count). The van der Waals surface area contributed by atoms with Crippen LogP contribution in [-0.2, 0) is 0 Å². The van der Waals surface area contributed by atoms with Crippen molar-refractivity contribution in [3.8, 4) is 0 Å². The topological polar surface area (TPSA) is 58.0 Å². The van der Waals surface area contributed by atoms with Crippen molar-refractivity contribution < 1.29 is 5.11 Å². The summed E-state index contributed by atoms with van der Waals surface area (Å²) in [6.07, 6.45) is 3.96. The Balaban J connectivity index is 1.97. The summed E-state index contributed by atoms with van der Waals surface area (Å²) in [7, 11) is 0. The minimum Gasteiger partial charge on any atom is -0.393 e. The van der Waals surface area contributed by atoms with E-state index in [0.717, 1.165) is 37.2 Å². The Morgan fingerprint density at radius 2 is 2.11 bits per heavy atom. The fraction of sp³-hybridized carbons (Fsp3) is 0.692. The molecule has 0 aromatic carbocycles. The van der Waals surface area contributed by atoms with Gasteiger partial charge in [0.05, 0.1) is 6.10 Å². The summed E-state index contributed by atoms with van der Waals surface area (Å²) in [5.41, 5.74) is 0.888. The number of nitrogens with zero attached hydrogens (tertiary/aromatic N) is 2. The van der Waals surface area contributed by atoms with Gasteiger partial charge in [0.2, 0.25) is 0 Å². The van der Waals surface area contributed by atoms with Gasteiger partial charge in [-0.3, -0.25) is 0 Å². The maximum absolute atomic E-state index is 9.65. The third-order valence-corrected chi connectivity index (χ3v) is 3.88. The molecule has 4 nitrogen and oxygen atoms in total. The van der Waals surface area contributed by atoms with Crippen LogP contribution in [0.1, 0.15) is 37.1 Å². The second-order valence-electron chi connectivity index (χ2n) is 5.10. The van der Waals surface area contributed by atoms with E-state index in [9.17, 15) is 5.11 Å². The first-order valence-electron chi connectivity index (χ1n) is 6.49. The van der Waals surface area contributed by atoms with E-state index in [4.69, 9.17) is 11.6 Å². The number of anilines is 1. The van der Waals surface area contributed by atoms with Crippen LogP contribution in [0.15, 0.2) is 0 Å². The molecule has 0 amide bonds. The van der Waals surface area contributed by atoms with Crippen molar-refractivity contribution in [2.24, 2.45) is 5.92 Å². The van der Waals surface area contributed by atoms with Crippen molar-refractivity contribution >= 4 is 17.4 Å². The molecule has 1 saturated carbocycles. The summed E-state index contributed by atoms with van der Waals surface area (Å²) in [6.45, 7) is 4.59. The van der Waals surface area contributed by atoms with E-state index in [2.05, 4.69) is 15.3 Å². The number of aryl methyl sites for hydroxylation is 1. The molecule has 2 N–H and O–H groups in total. The van der Waals surface area contributed by atoms with E-state index in [-0.39, 0.29) is 6.10 Å². The van der Waals surface area contributed by atoms with Crippen LogP contribution in [0.3, 0.4) is 0 Å². The fourth-order valence-corrected chi connectivity index (χ4v) is 2.67. The van der Waals surface area contributed by atoms with Crippen molar-refractivity contribution in [3.05, 3.63) is 16.5 Å². The molecular weight excluding hydrogens is 250 g/mol. The van der Waals surface area contributed by atoms with Crippen LogP contribution in [0.2, 0.25) is 5.15 Å². The van der Waals surface area contributed by atoms with Gasteiger partial charge >= 0.3 is 0 Å². The number of nitrogens with one attached hydrogen (secondary N) is 1. The molecular formula is C13H20ClN3O. The van der Waals surface area contributed by atoms with Crippen LogP contribution in [0.25, 0.3) is 0 Å². The predicted octanol–water partition coefficient (Wildman–Crippen LogP) is 2.71. The summed E-state index contributed by atoms with van der Waals surface area (Å²) in [4.78, 5) is 8.48. The molecule has 0 aliphatic heterocycles. The van der Waals surface area contributed by atoms with E-state index in [1.54, 1.807) is 0 Å². The molecule has 2 unspecified atom stereocenters. The van der Waals surface area contributed by atoms with Crippen LogP contribution < -0.4 is 5.32 Å². The molecule has 0 radical (unpaired) electrons. The monoisotopic (exact) mass is 269 g/mol. The van der Waals surface area contributed by atoms with Gasteiger partial charge in [0, 0.05) is 12.1 Å². The first-order chi connectivity index (χ1) is 8.56. The van der Waals surface area contributed by atoms with Gasteiger partial charge in [-0.1, -0.05) is 18.0 Å². The van der Waals surface area contributed by atoms with Crippen LogP contribution in [0.5, 0.6) is 0 Å². The minimum atomic E-state index is -0.137. The summed E-state index contributed by atoms with van der Waals surface area (Å²) < 4.78 is 0. The van der Waals surface area contributed by atoms with E-state index in [0.29, 0.717) is 16.9 Å². The highest BCUT2D eigenvalue weighted by Gasteiger charge is 2.20. The summed E-state index contributed by atoms with van der Waals surface area (Å²) >= 11 is 6.03. The Morgan fingerprint density at radius 3 is 2.83 bits per heavy atom. The van der Waals surface area contributed by atoms with Crippen molar-refractivity contribution in [3.63, 3.8) is 0 Å². The molecule has 1 aliphatic rings. The van der Waals surface area contributed by atoms with Gasteiger partial charge in [-0.05, 0) is 39.0 Å². The van der Waals surface area contributed by atoms with Gasteiger partial charge in [0.25, 0.3) is 0 Å². The largest absolute Gasteiger partial charge is 0.393 e. The van der Waals surface area contributed by atoms with Gasteiger partial charge in [0.1, 0.15) is 16.8 Å². The standard InChI is InChI=1S/C13H20ClN3O/c1-8-12(14)16-9(2)17-13(8)15-7-10-4-3-5-11(18)6-10/h10-11,18H,3-7H2,1-2H3,(H,15,16,17). The van der Waals surface area contributed by atoms with Crippen molar-refractivity contribution in [2.45, 2.75) is 45.6 Å². The maximum atomic E-state index is 9.65. The number of aromatic nitrogens is 2. The van der Waals surface area contributed by atoms with Gasteiger partial charge in [-0.2, -0.15) is 0 Å². The smallest absolute Gasteiger partial charge is 0.137 e. The van der Waals surface area contributed by atoms with Gasteiger partial charge in [-0.15, -0.1) is 0 Å². The highest BCUT2D eigenvalue weighted by molar-refractivity contribution is 6.30. The lowest BCUT2D eigenvalue weighted by atomic mass is 9.87. The van der Waals surface area contributed by atoms with E-state index in [1.165, 1.54) is 6.42 Å². The first kappa shape index (κ1) is 13.6. The van der Waals surface area contributed by atoms with Crippen LogP contribution in [0.4, 0.5) is 5.82 Å². The molecule has 100 valence electrons. The maximum Gasteiger partial charge on any atom is 0.137 e. The molecule has 0 saturated heterocycles. The van der Waals surface area contributed by atoms with E-state index < -0.39 is 0 Å². The van der Waals surface area contributed by atoms with Crippen molar-refractivity contribution in [2.75, 3.05) is 11.9 Å². The molecule has 2 atom stereocenters. The Morgan fingerprint density at radius 1 is 1.33 bits per heavy atom. The zero-order valence-electron chi connectivity index (χ0n) is 10.9. The second-order valence-corrected chi connectivity index (χ2v) is 5.46. The fourth-order valence-electron chi connectivity index (χ4n) is 2.46. The summed E-state index contributed by atoms with van der Waals surface area (Å²) in [5.74, 6) is 2.01. The lowest BCUT2D eigenvalue weighted by Gasteiger charge is -2.26. The number of rotatable bonds is 3. The highest BCUT2D eigenvalue weighted by atomic mass is 35.5. The van der Waals surface area contributed by atoms with Crippen molar-refractivity contribution in [1.82, 2.24) is 9.97 Å². The van der Waals surface area contributed by atoms with Crippen LogP contribution in [-0.4, -0.2) is 27.7 Å². The average molecular weight is 270 g/mol. The Bertz CT molecular complexity index is 425. The molecule has 1 aliphatic carbocycles. The molecule has 1 aromatic rings. The minimum absolute atomic E-state index is 0.137. The Hall–Kier alpha value is -0.870. The molecule has 1 aromatic heterocycles. The van der Waals surface area contributed by atoms with Gasteiger partial charge in [0.15, 0.2) is 0 Å². The predicted molar refractivity (Wildman–Crippen MR) is 73.0 cm³/mol. The number of hydrogen-bond acceptors (Lipinski definition) is 4. The number of halogens is 1. The lowest BCUT2D eigenvalue weighted by molar-refractivity contribution is 0.104. The van der Waals surface area contributed by atoms with Gasteiger partial charge in [-0.25, -0.2) is 9.97 Å². The van der Waals surface area contributed by atoms with Crippen LogP contribution in [0, 0.1) is 19.8 Å². The zero-order valence-corrected chi connectivity index (χ0v) is 11.7. The molecule has 5 heteroatoms. The third kappa shape index (κ3) is 3.33. The number of hydrogen-bond donors (Lipinski definition) is 2. The molecule has 18 heavy (non-hydrogen) atoms. The van der Waals surface area contributed by atoms with E-state index >= 15 is 0 Å². The molecule has 0 spiro atoms.